The van der Waals surface area contributed by atoms with Gasteiger partial charge in [0.1, 0.15) is 0 Å². The second-order valence-corrected chi connectivity index (χ2v) is 5.39. The fourth-order valence-corrected chi connectivity index (χ4v) is 2.56. The van der Waals surface area contributed by atoms with E-state index in [1.807, 2.05) is 0 Å². The van der Waals surface area contributed by atoms with Gasteiger partial charge in [0, 0.05) is 5.33 Å². The molecule has 0 aromatic carbocycles. The Morgan fingerprint density at radius 3 is 1.85 bits per heavy atom. The maximum absolute atomic E-state index is 3.66. The zero-order chi connectivity index (χ0) is 10.5. The van der Waals surface area contributed by atoms with Gasteiger partial charge in [0.2, 0.25) is 0 Å². The van der Waals surface area contributed by atoms with E-state index >= 15 is 0 Å². The van der Waals surface area contributed by atoms with Crippen molar-refractivity contribution in [1.29, 1.82) is 0 Å². The van der Waals surface area contributed by atoms with Crippen LogP contribution < -0.4 is 0 Å². The molecular weight excluding hydrogens is 224 g/mol. The molecular formula is C12H25Br. The molecule has 0 radical (unpaired) electrons. The molecule has 0 saturated heterocycles. The third kappa shape index (κ3) is 4.01. The number of halogens is 1. The van der Waals surface area contributed by atoms with Gasteiger partial charge in [-0.15, -0.1) is 0 Å². The second kappa shape index (κ2) is 6.06. The molecule has 0 saturated carbocycles. The molecule has 0 spiro atoms. The lowest BCUT2D eigenvalue weighted by Crippen LogP contribution is -2.28. The lowest BCUT2D eigenvalue weighted by Gasteiger charge is -2.35. The van der Waals surface area contributed by atoms with Crippen molar-refractivity contribution in [1.82, 2.24) is 0 Å². The van der Waals surface area contributed by atoms with Gasteiger partial charge in [0.15, 0.2) is 0 Å². The first kappa shape index (κ1) is 13.5. The molecule has 1 heteroatoms. The minimum atomic E-state index is 0.483. The summed E-state index contributed by atoms with van der Waals surface area (Å²) in [6.45, 7) is 11.7. The first-order valence-electron chi connectivity index (χ1n) is 5.56. The summed E-state index contributed by atoms with van der Waals surface area (Å²) >= 11 is 3.66. The summed E-state index contributed by atoms with van der Waals surface area (Å²) in [5, 5.41) is 1.13. The van der Waals surface area contributed by atoms with Gasteiger partial charge in [-0.3, -0.25) is 0 Å². The van der Waals surface area contributed by atoms with Gasteiger partial charge in [0.05, 0.1) is 0 Å². The molecule has 13 heavy (non-hydrogen) atoms. The van der Waals surface area contributed by atoms with Crippen molar-refractivity contribution < 1.29 is 0 Å². The molecule has 0 rings (SSSR count). The van der Waals surface area contributed by atoms with Crippen molar-refractivity contribution >= 4 is 15.9 Å². The predicted octanol–water partition coefficient (Wildman–Crippen LogP) is 4.87. The van der Waals surface area contributed by atoms with E-state index in [4.69, 9.17) is 0 Å². The van der Waals surface area contributed by atoms with Crippen molar-refractivity contribution in [2.24, 2.45) is 17.3 Å². The van der Waals surface area contributed by atoms with E-state index in [9.17, 15) is 0 Å². The molecule has 0 aliphatic carbocycles. The Bertz CT molecular complexity index is 127. The molecule has 1 atom stereocenters. The van der Waals surface area contributed by atoms with Crippen LogP contribution in [0.2, 0.25) is 0 Å². The van der Waals surface area contributed by atoms with Crippen molar-refractivity contribution in [2.75, 3.05) is 5.33 Å². The molecule has 0 aliphatic rings. The first-order valence-corrected chi connectivity index (χ1v) is 6.68. The van der Waals surface area contributed by atoms with Crippen molar-refractivity contribution in [3.8, 4) is 0 Å². The molecule has 0 aromatic heterocycles. The Balaban J connectivity index is 4.24. The van der Waals surface area contributed by atoms with Gasteiger partial charge in [0.25, 0.3) is 0 Å². The van der Waals surface area contributed by atoms with E-state index in [1.165, 1.54) is 19.3 Å². The highest BCUT2D eigenvalue weighted by Crippen LogP contribution is 2.37. The lowest BCUT2D eigenvalue weighted by atomic mass is 9.73. The van der Waals surface area contributed by atoms with E-state index in [0.29, 0.717) is 5.41 Å². The average Bonchev–Trinajstić information content (AvgIpc) is 2.13. The summed E-state index contributed by atoms with van der Waals surface area (Å²) in [4.78, 5) is 0. The predicted molar refractivity (Wildman–Crippen MR) is 65.4 cm³/mol. The van der Waals surface area contributed by atoms with Crippen molar-refractivity contribution in [3.63, 3.8) is 0 Å². The number of hydrogen-bond acceptors (Lipinski definition) is 0. The maximum Gasteiger partial charge on any atom is 0.00878 e. The van der Waals surface area contributed by atoms with Crippen LogP contribution in [0.5, 0.6) is 0 Å². The van der Waals surface area contributed by atoms with Crippen LogP contribution in [0.15, 0.2) is 0 Å². The highest BCUT2D eigenvalue weighted by atomic mass is 79.9. The van der Waals surface area contributed by atoms with E-state index < -0.39 is 0 Å². The Morgan fingerprint density at radius 2 is 1.62 bits per heavy atom. The normalized spacial score (nSPS) is 16.6. The molecule has 0 aliphatic heterocycles. The van der Waals surface area contributed by atoms with Crippen molar-refractivity contribution in [3.05, 3.63) is 0 Å². The van der Waals surface area contributed by atoms with Crippen LogP contribution in [0.1, 0.15) is 53.9 Å². The highest BCUT2D eigenvalue weighted by Gasteiger charge is 2.29. The molecule has 80 valence electrons. The SMILES string of the molecule is CCC(CC)CC(C)(CBr)C(C)C. The van der Waals surface area contributed by atoms with Crippen LogP contribution in [0.4, 0.5) is 0 Å². The molecule has 0 bridgehead atoms. The van der Waals surface area contributed by atoms with Crippen LogP contribution in [0, 0.1) is 17.3 Å². The molecule has 0 amide bonds. The van der Waals surface area contributed by atoms with Crippen LogP contribution in [0.3, 0.4) is 0 Å². The number of alkyl halides is 1. The standard InChI is InChI=1S/C12H25Br/c1-6-11(7-2)8-12(5,9-13)10(3)4/h10-11H,6-9H2,1-5H3. The Morgan fingerprint density at radius 1 is 1.15 bits per heavy atom. The van der Waals surface area contributed by atoms with Crippen LogP contribution in [-0.2, 0) is 0 Å². The van der Waals surface area contributed by atoms with Gasteiger partial charge >= 0.3 is 0 Å². The van der Waals surface area contributed by atoms with Gasteiger partial charge in [-0.05, 0) is 23.7 Å². The molecule has 0 heterocycles. The van der Waals surface area contributed by atoms with Crippen LogP contribution >= 0.6 is 15.9 Å². The van der Waals surface area contributed by atoms with Crippen LogP contribution in [-0.4, -0.2) is 5.33 Å². The zero-order valence-electron chi connectivity index (χ0n) is 9.86. The molecule has 0 nitrogen and oxygen atoms in total. The van der Waals surface area contributed by atoms with Crippen LogP contribution in [0.25, 0.3) is 0 Å². The fraction of sp³-hybridized carbons (Fsp3) is 1.00. The third-order valence-electron chi connectivity index (χ3n) is 3.61. The minimum absolute atomic E-state index is 0.483. The van der Waals surface area contributed by atoms with E-state index in [2.05, 4.69) is 50.5 Å². The van der Waals surface area contributed by atoms with E-state index in [-0.39, 0.29) is 0 Å². The lowest BCUT2D eigenvalue weighted by molar-refractivity contribution is 0.189. The topological polar surface area (TPSA) is 0 Å². The maximum atomic E-state index is 3.66. The summed E-state index contributed by atoms with van der Waals surface area (Å²) in [6.07, 6.45) is 4.01. The first-order chi connectivity index (χ1) is 6.00. The van der Waals surface area contributed by atoms with E-state index in [0.717, 1.165) is 17.2 Å². The third-order valence-corrected chi connectivity index (χ3v) is 4.89. The van der Waals surface area contributed by atoms with Gasteiger partial charge in [-0.2, -0.15) is 0 Å². The molecule has 0 aromatic rings. The Kier molecular flexibility index (Phi) is 6.28. The Hall–Kier alpha value is 0.480. The molecule has 1 unspecified atom stereocenters. The average molecular weight is 249 g/mol. The summed E-state index contributed by atoms with van der Waals surface area (Å²) in [6, 6.07) is 0. The van der Waals surface area contributed by atoms with Gasteiger partial charge in [-0.1, -0.05) is 63.4 Å². The summed E-state index contributed by atoms with van der Waals surface area (Å²) in [7, 11) is 0. The molecule has 0 fully saturated rings. The van der Waals surface area contributed by atoms with Gasteiger partial charge < -0.3 is 0 Å². The summed E-state index contributed by atoms with van der Waals surface area (Å²) in [5.41, 5.74) is 0.483. The monoisotopic (exact) mass is 248 g/mol. The van der Waals surface area contributed by atoms with Gasteiger partial charge in [-0.25, -0.2) is 0 Å². The highest BCUT2D eigenvalue weighted by molar-refractivity contribution is 9.09. The smallest absolute Gasteiger partial charge is 0.00878 e. The number of hydrogen-bond donors (Lipinski definition) is 0. The summed E-state index contributed by atoms with van der Waals surface area (Å²) in [5.74, 6) is 1.68. The fourth-order valence-electron chi connectivity index (χ4n) is 1.68. The number of rotatable bonds is 6. The molecule has 0 N–H and O–H groups in total. The summed E-state index contributed by atoms with van der Waals surface area (Å²) < 4.78 is 0. The minimum Gasteiger partial charge on any atom is -0.0922 e. The Labute approximate surface area is 92.6 Å². The van der Waals surface area contributed by atoms with E-state index in [1.54, 1.807) is 0 Å². The second-order valence-electron chi connectivity index (χ2n) is 4.83. The zero-order valence-corrected chi connectivity index (χ0v) is 11.4. The van der Waals surface area contributed by atoms with Crippen molar-refractivity contribution in [2.45, 2.75) is 53.9 Å². The quantitative estimate of drug-likeness (QED) is 0.589. The largest absolute Gasteiger partial charge is 0.0922 e.